The van der Waals surface area contributed by atoms with Gasteiger partial charge in [-0.25, -0.2) is 0 Å². The monoisotopic (exact) mass is 427 g/mol. The highest BCUT2D eigenvalue weighted by molar-refractivity contribution is 7.80. The molecule has 0 radical (unpaired) electrons. The number of hydrogen-bond acceptors (Lipinski definition) is 4. The molecule has 1 heterocycles. The Balaban J connectivity index is 1.95. The van der Waals surface area contributed by atoms with Crippen molar-refractivity contribution in [3.05, 3.63) is 59.2 Å². The van der Waals surface area contributed by atoms with Crippen molar-refractivity contribution in [2.45, 2.75) is 51.9 Å². The predicted octanol–water partition coefficient (Wildman–Crippen LogP) is 4.06. The van der Waals surface area contributed by atoms with Crippen LogP contribution in [0.15, 0.2) is 42.5 Å². The third kappa shape index (κ3) is 5.24. The van der Waals surface area contributed by atoms with Crippen LogP contribution in [0, 0.1) is 0 Å². The van der Waals surface area contributed by atoms with Crippen molar-refractivity contribution in [1.29, 1.82) is 0 Å². The molecule has 2 atom stereocenters. The third-order valence-electron chi connectivity index (χ3n) is 5.51. The van der Waals surface area contributed by atoms with Gasteiger partial charge in [0, 0.05) is 25.2 Å². The summed E-state index contributed by atoms with van der Waals surface area (Å²) in [6.45, 7) is 8.23. The Kier molecular flexibility index (Phi) is 7.56. The highest BCUT2D eigenvalue weighted by Gasteiger charge is 2.33. The van der Waals surface area contributed by atoms with Gasteiger partial charge in [0.05, 0.1) is 20.3 Å². The maximum absolute atomic E-state index is 5.62. The lowest BCUT2D eigenvalue weighted by atomic mass is 9.87. The molecule has 3 rings (SSSR count). The standard InChI is InChI=1S/C24H33N3O2S/c1-16(2)25-24(30)26-17(3)23-20-14-22(29-5)21(28-4)13-19(20)11-12-27(23)15-18-9-7-6-8-10-18/h6-10,13-14,16-17,23H,11-12,15H2,1-5H3,(H2,25,26,30)/t17-,23-/m1/s1. The number of nitrogens with one attached hydrogen (secondary N) is 2. The van der Waals surface area contributed by atoms with E-state index < -0.39 is 0 Å². The minimum Gasteiger partial charge on any atom is -0.493 e. The number of ether oxygens (including phenoxy) is 2. The summed E-state index contributed by atoms with van der Waals surface area (Å²) in [5.41, 5.74) is 3.88. The van der Waals surface area contributed by atoms with Gasteiger partial charge in [-0.1, -0.05) is 30.3 Å². The lowest BCUT2D eigenvalue weighted by Crippen LogP contribution is -2.50. The van der Waals surface area contributed by atoms with Gasteiger partial charge in [-0.3, -0.25) is 4.90 Å². The van der Waals surface area contributed by atoms with Crippen LogP contribution in [0.3, 0.4) is 0 Å². The van der Waals surface area contributed by atoms with Crippen LogP contribution in [0.2, 0.25) is 0 Å². The Hall–Kier alpha value is -2.31. The molecule has 0 fully saturated rings. The number of rotatable bonds is 7. The van der Waals surface area contributed by atoms with Crippen molar-refractivity contribution in [3.63, 3.8) is 0 Å². The van der Waals surface area contributed by atoms with E-state index in [-0.39, 0.29) is 12.1 Å². The molecule has 0 unspecified atom stereocenters. The largest absolute Gasteiger partial charge is 0.493 e. The van der Waals surface area contributed by atoms with Crippen molar-refractivity contribution in [2.75, 3.05) is 20.8 Å². The zero-order valence-electron chi connectivity index (χ0n) is 18.6. The average molecular weight is 428 g/mol. The fourth-order valence-corrected chi connectivity index (χ4v) is 4.62. The topological polar surface area (TPSA) is 45.8 Å². The summed E-state index contributed by atoms with van der Waals surface area (Å²) in [6.07, 6.45) is 0.973. The Labute approximate surface area is 185 Å². The Morgan fingerprint density at radius 3 is 2.37 bits per heavy atom. The quantitative estimate of drug-likeness (QED) is 0.650. The third-order valence-corrected chi connectivity index (χ3v) is 5.74. The van der Waals surface area contributed by atoms with E-state index in [4.69, 9.17) is 21.7 Å². The van der Waals surface area contributed by atoms with E-state index in [1.165, 1.54) is 16.7 Å². The minimum atomic E-state index is 0.115. The van der Waals surface area contributed by atoms with Gasteiger partial charge in [0.2, 0.25) is 0 Å². The van der Waals surface area contributed by atoms with E-state index in [9.17, 15) is 0 Å². The number of hydrogen-bond donors (Lipinski definition) is 2. The molecule has 162 valence electrons. The van der Waals surface area contributed by atoms with Crippen molar-refractivity contribution >= 4 is 17.3 Å². The molecule has 2 aromatic rings. The van der Waals surface area contributed by atoms with Crippen LogP contribution < -0.4 is 20.1 Å². The summed E-state index contributed by atoms with van der Waals surface area (Å²) in [5.74, 6) is 1.54. The number of thiocarbonyl (C=S) groups is 1. The summed E-state index contributed by atoms with van der Waals surface area (Å²) >= 11 is 5.55. The van der Waals surface area contributed by atoms with E-state index in [0.29, 0.717) is 11.2 Å². The number of benzene rings is 2. The molecule has 0 amide bonds. The number of fused-ring (bicyclic) bond motifs is 1. The second-order valence-corrected chi connectivity index (χ2v) is 8.53. The molecule has 6 heteroatoms. The Morgan fingerprint density at radius 1 is 1.07 bits per heavy atom. The van der Waals surface area contributed by atoms with Gasteiger partial charge in [0.1, 0.15) is 0 Å². The van der Waals surface area contributed by atoms with Gasteiger partial charge < -0.3 is 20.1 Å². The van der Waals surface area contributed by atoms with Gasteiger partial charge in [0.15, 0.2) is 16.6 Å². The summed E-state index contributed by atoms with van der Waals surface area (Å²) in [4.78, 5) is 2.53. The first-order valence-corrected chi connectivity index (χ1v) is 10.9. The van der Waals surface area contributed by atoms with Crippen molar-refractivity contribution < 1.29 is 9.47 Å². The second kappa shape index (κ2) is 10.1. The molecule has 0 bridgehead atoms. The molecular formula is C24H33N3O2S. The zero-order valence-corrected chi connectivity index (χ0v) is 19.4. The van der Waals surface area contributed by atoms with E-state index >= 15 is 0 Å². The van der Waals surface area contributed by atoms with Gasteiger partial charge in [-0.2, -0.15) is 0 Å². The molecule has 1 aliphatic rings. The molecule has 0 aliphatic carbocycles. The number of nitrogens with zero attached hydrogens (tertiary/aromatic N) is 1. The molecule has 2 N–H and O–H groups in total. The second-order valence-electron chi connectivity index (χ2n) is 8.12. The maximum Gasteiger partial charge on any atom is 0.166 e. The highest BCUT2D eigenvalue weighted by atomic mass is 32.1. The van der Waals surface area contributed by atoms with Crippen LogP contribution in [0.5, 0.6) is 11.5 Å². The molecule has 30 heavy (non-hydrogen) atoms. The highest BCUT2D eigenvalue weighted by Crippen LogP contribution is 2.40. The fraction of sp³-hybridized carbons (Fsp3) is 0.458. The average Bonchev–Trinajstić information content (AvgIpc) is 2.72. The zero-order chi connectivity index (χ0) is 21.7. The van der Waals surface area contributed by atoms with Crippen LogP contribution in [0.25, 0.3) is 0 Å². The van der Waals surface area contributed by atoms with Gasteiger partial charge in [0.25, 0.3) is 0 Å². The first-order valence-electron chi connectivity index (χ1n) is 10.5. The van der Waals surface area contributed by atoms with Crippen molar-refractivity contribution in [2.24, 2.45) is 0 Å². The van der Waals surface area contributed by atoms with E-state index in [2.05, 4.69) is 78.8 Å². The normalized spacial score (nSPS) is 17.2. The smallest absolute Gasteiger partial charge is 0.166 e. The first kappa shape index (κ1) is 22.4. The Morgan fingerprint density at radius 2 is 1.73 bits per heavy atom. The molecule has 0 spiro atoms. The predicted molar refractivity (Wildman–Crippen MR) is 126 cm³/mol. The van der Waals surface area contributed by atoms with Crippen molar-refractivity contribution in [3.8, 4) is 11.5 Å². The fourth-order valence-electron chi connectivity index (χ4n) is 4.20. The lowest BCUT2D eigenvalue weighted by Gasteiger charge is -2.41. The van der Waals surface area contributed by atoms with E-state index in [1.54, 1.807) is 14.2 Å². The molecule has 0 saturated carbocycles. The molecule has 0 saturated heterocycles. The van der Waals surface area contributed by atoms with E-state index in [0.717, 1.165) is 31.0 Å². The lowest BCUT2D eigenvalue weighted by molar-refractivity contribution is 0.149. The summed E-state index contributed by atoms with van der Waals surface area (Å²) in [5, 5.41) is 7.49. The van der Waals surface area contributed by atoms with Crippen LogP contribution >= 0.6 is 12.2 Å². The van der Waals surface area contributed by atoms with Crippen LogP contribution in [0.1, 0.15) is 43.5 Å². The summed E-state index contributed by atoms with van der Waals surface area (Å²) in [6, 6.07) is 15.4. The summed E-state index contributed by atoms with van der Waals surface area (Å²) < 4.78 is 11.2. The van der Waals surface area contributed by atoms with E-state index in [1.807, 2.05) is 0 Å². The van der Waals surface area contributed by atoms with Crippen LogP contribution in [-0.4, -0.2) is 42.9 Å². The van der Waals surface area contributed by atoms with Gasteiger partial charge in [-0.05, 0) is 68.2 Å². The molecular weight excluding hydrogens is 394 g/mol. The Bertz CT molecular complexity index is 857. The van der Waals surface area contributed by atoms with Crippen molar-refractivity contribution in [1.82, 2.24) is 15.5 Å². The van der Waals surface area contributed by atoms with Crippen LogP contribution in [-0.2, 0) is 13.0 Å². The SMILES string of the molecule is COc1cc2c(cc1OC)[C@@H]([C@@H](C)NC(=S)NC(C)C)N(Cc1ccccc1)CC2. The first-order chi connectivity index (χ1) is 14.4. The molecule has 5 nitrogen and oxygen atoms in total. The molecule has 2 aromatic carbocycles. The molecule has 0 aromatic heterocycles. The van der Waals surface area contributed by atoms with Crippen LogP contribution in [0.4, 0.5) is 0 Å². The number of methoxy groups -OCH3 is 2. The summed E-state index contributed by atoms with van der Waals surface area (Å²) in [7, 11) is 3.37. The minimum absolute atomic E-state index is 0.115. The maximum atomic E-state index is 5.62. The molecule has 1 aliphatic heterocycles. The van der Waals surface area contributed by atoms with Gasteiger partial charge >= 0.3 is 0 Å². The van der Waals surface area contributed by atoms with Gasteiger partial charge in [-0.15, -0.1) is 0 Å².